The normalized spacial score (nSPS) is 20.6. The Balaban J connectivity index is 2.03. The minimum atomic E-state index is -0.345. The first-order valence-corrected chi connectivity index (χ1v) is 6.60. The fourth-order valence-electron chi connectivity index (χ4n) is 2.74. The number of nitrogens with zero attached hydrogens (tertiary/aromatic N) is 1. The van der Waals surface area contributed by atoms with Gasteiger partial charge in [-0.05, 0) is 37.4 Å². The Bertz CT molecular complexity index is 430. The Kier molecular flexibility index (Phi) is 4.12. The van der Waals surface area contributed by atoms with Gasteiger partial charge in [0.05, 0.1) is 6.54 Å². The molecule has 1 heterocycles. The second kappa shape index (κ2) is 5.61. The largest absolute Gasteiger partial charge is 0.293 e. The third kappa shape index (κ3) is 2.96. The Hall–Kier alpha value is -1.22. The van der Waals surface area contributed by atoms with Crippen LogP contribution in [-0.4, -0.2) is 29.8 Å². The van der Waals surface area contributed by atoms with E-state index in [2.05, 4.69) is 18.7 Å². The summed E-state index contributed by atoms with van der Waals surface area (Å²) >= 11 is 0. The van der Waals surface area contributed by atoms with Crippen molar-refractivity contribution in [2.75, 3.05) is 13.1 Å². The van der Waals surface area contributed by atoms with Crippen molar-refractivity contribution in [2.45, 2.75) is 32.7 Å². The maximum Gasteiger partial charge on any atom is 0.176 e. The predicted octanol–water partition coefficient (Wildman–Crippen LogP) is 3.13. The maximum atomic E-state index is 13.1. The van der Waals surface area contributed by atoms with Crippen molar-refractivity contribution in [3.63, 3.8) is 0 Å². The van der Waals surface area contributed by atoms with Crippen LogP contribution in [0.4, 0.5) is 4.39 Å². The van der Waals surface area contributed by atoms with Crippen molar-refractivity contribution in [3.05, 3.63) is 35.6 Å². The molecule has 0 aromatic heterocycles. The van der Waals surface area contributed by atoms with Crippen LogP contribution in [0.2, 0.25) is 0 Å². The second-order valence-electron chi connectivity index (χ2n) is 5.36. The standard InChI is InChI=1S/C15H20FNO/c1-11(2)14-7-4-8-17(14)10-15(18)12-5-3-6-13(16)9-12/h3,5-6,9,11,14H,4,7-8,10H2,1-2H3. The Morgan fingerprint density at radius 1 is 1.50 bits per heavy atom. The van der Waals surface area contributed by atoms with Gasteiger partial charge < -0.3 is 0 Å². The molecular formula is C15H20FNO. The van der Waals surface area contributed by atoms with Gasteiger partial charge in [-0.15, -0.1) is 0 Å². The van der Waals surface area contributed by atoms with E-state index in [4.69, 9.17) is 0 Å². The van der Waals surface area contributed by atoms with E-state index >= 15 is 0 Å². The van der Waals surface area contributed by atoms with Gasteiger partial charge in [0.25, 0.3) is 0 Å². The summed E-state index contributed by atoms with van der Waals surface area (Å²) < 4.78 is 13.1. The average Bonchev–Trinajstić information content (AvgIpc) is 2.77. The lowest BCUT2D eigenvalue weighted by molar-refractivity contribution is 0.0903. The zero-order valence-corrected chi connectivity index (χ0v) is 11.0. The number of hydrogen-bond acceptors (Lipinski definition) is 2. The van der Waals surface area contributed by atoms with Crippen LogP contribution in [-0.2, 0) is 0 Å². The number of hydrogen-bond donors (Lipinski definition) is 0. The molecule has 1 aromatic carbocycles. The molecule has 0 radical (unpaired) electrons. The molecule has 0 bridgehead atoms. The molecule has 1 aromatic rings. The zero-order chi connectivity index (χ0) is 13.1. The van der Waals surface area contributed by atoms with Crippen molar-refractivity contribution in [2.24, 2.45) is 5.92 Å². The third-order valence-corrected chi connectivity index (χ3v) is 3.68. The number of benzene rings is 1. The van der Waals surface area contributed by atoms with Crippen LogP contribution in [0.5, 0.6) is 0 Å². The van der Waals surface area contributed by atoms with E-state index in [0.29, 0.717) is 24.1 Å². The fraction of sp³-hybridized carbons (Fsp3) is 0.533. The molecule has 0 N–H and O–H groups in total. The average molecular weight is 249 g/mol. The van der Waals surface area contributed by atoms with E-state index in [-0.39, 0.29) is 11.6 Å². The summed E-state index contributed by atoms with van der Waals surface area (Å²) in [5.41, 5.74) is 0.476. The van der Waals surface area contributed by atoms with Gasteiger partial charge in [0.15, 0.2) is 5.78 Å². The quantitative estimate of drug-likeness (QED) is 0.764. The zero-order valence-electron chi connectivity index (χ0n) is 11.0. The topological polar surface area (TPSA) is 20.3 Å². The van der Waals surface area contributed by atoms with Gasteiger partial charge >= 0.3 is 0 Å². The summed E-state index contributed by atoms with van der Waals surface area (Å²) in [5.74, 6) is 0.234. The molecule has 0 amide bonds. The molecule has 1 atom stereocenters. The van der Waals surface area contributed by atoms with Gasteiger partial charge in [-0.3, -0.25) is 9.69 Å². The van der Waals surface area contributed by atoms with E-state index in [1.165, 1.54) is 12.1 Å². The first kappa shape index (κ1) is 13.2. The number of Topliss-reactive ketones (excluding diaryl/α,β-unsaturated/α-hetero) is 1. The van der Waals surface area contributed by atoms with Crippen molar-refractivity contribution in [1.29, 1.82) is 0 Å². The molecular weight excluding hydrogens is 229 g/mol. The predicted molar refractivity (Wildman–Crippen MR) is 70.2 cm³/mol. The number of halogens is 1. The van der Waals surface area contributed by atoms with Gasteiger partial charge in [0.1, 0.15) is 5.82 Å². The summed E-state index contributed by atoms with van der Waals surface area (Å²) in [6.45, 7) is 5.77. The minimum Gasteiger partial charge on any atom is -0.293 e. The lowest BCUT2D eigenvalue weighted by Gasteiger charge is -2.26. The van der Waals surface area contributed by atoms with Gasteiger partial charge in [-0.1, -0.05) is 26.0 Å². The van der Waals surface area contributed by atoms with Gasteiger partial charge in [-0.25, -0.2) is 4.39 Å². The molecule has 98 valence electrons. The van der Waals surface area contributed by atoms with Crippen LogP contribution >= 0.6 is 0 Å². The van der Waals surface area contributed by atoms with Gasteiger partial charge in [0, 0.05) is 11.6 Å². The monoisotopic (exact) mass is 249 g/mol. The highest BCUT2D eigenvalue weighted by Crippen LogP contribution is 2.23. The molecule has 1 fully saturated rings. The van der Waals surface area contributed by atoms with E-state index in [1.807, 2.05) is 0 Å². The van der Waals surface area contributed by atoms with E-state index in [0.717, 1.165) is 19.4 Å². The van der Waals surface area contributed by atoms with Crippen LogP contribution in [0, 0.1) is 11.7 Å². The molecule has 1 aliphatic heterocycles. The highest BCUT2D eigenvalue weighted by molar-refractivity contribution is 5.97. The van der Waals surface area contributed by atoms with Crippen LogP contribution < -0.4 is 0 Å². The molecule has 0 spiro atoms. The highest BCUT2D eigenvalue weighted by atomic mass is 19.1. The van der Waals surface area contributed by atoms with Crippen LogP contribution in [0.3, 0.4) is 0 Å². The fourth-order valence-corrected chi connectivity index (χ4v) is 2.74. The van der Waals surface area contributed by atoms with Gasteiger partial charge in [-0.2, -0.15) is 0 Å². The van der Waals surface area contributed by atoms with Crippen molar-refractivity contribution in [3.8, 4) is 0 Å². The van der Waals surface area contributed by atoms with Crippen molar-refractivity contribution in [1.82, 2.24) is 4.90 Å². The SMILES string of the molecule is CC(C)C1CCCN1CC(=O)c1cccc(F)c1. The molecule has 2 nitrogen and oxygen atoms in total. The Labute approximate surface area is 108 Å². The molecule has 1 aliphatic rings. The number of carbonyl (C=O) groups is 1. The molecule has 18 heavy (non-hydrogen) atoms. The smallest absolute Gasteiger partial charge is 0.176 e. The second-order valence-corrected chi connectivity index (χ2v) is 5.36. The minimum absolute atomic E-state index is 0.0158. The van der Waals surface area contributed by atoms with Crippen LogP contribution in [0.1, 0.15) is 37.0 Å². The highest BCUT2D eigenvalue weighted by Gasteiger charge is 2.28. The third-order valence-electron chi connectivity index (χ3n) is 3.68. The summed E-state index contributed by atoms with van der Waals surface area (Å²) in [6, 6.07) is 6.45. The van der Waals surface area contributed by atoms with E-state index < -0.39 is 0 Å². The summed E-state index contributed by atoms with van der Waals surface area (Å²) in [6.07, 6.45) is 2.31. The maximum absolute atomic E-state index is 13.1. The summed E-state index contributed by atoms with van der Waals surface area (Å²) in [4.78, 5) is 14.3. The Morgan fingerprint density at radius 3 is 2.94 bits per heavy atom. The number of carbonyl (C=O) groups excluding carboxylic acids is 1. The summed E-state index contributed by atoms with van der Waals surface area (Å²) in [5, 5.41) is 0. The molecule has 1 unspecified atom stereocenters. The summed E-state index contributed by atoms with van der Waals surface area (Å²) in [7, 11) is 0. The Morgan fingerprint density at radius 2 is 2.28 bits per heavy atom. The first-order valence-electron chi connectivity index (χ1n) is 6.60. The molecule has 2 rings (SSSR count). The van der Waals surface area contributed by atoms with Crippen LogP contribution in [0.15, 0.2) is 24.3 Å². The molecule has 0 saturated carbocycles. The van der Waals surface area contributed by atoms with E-state index in [1.54, 1.807) is 12.1 Å². The lowest BCUT2D eigenvalue weighted by Crippen LogP contribution is -2.37. The van der Waals surface area contributed by atoms with Crippen LogP contribution in [0.25, 0.3) is 0 Å². The number of ketones is 1. The molecule has 3 heteroatoms. The molecule has 0 aliphatic carbocycles. The number of likely N-dealkylation sites (tertiary alicyclic amines) is 1. The lowest BCUT2D eigenvalue weighted by atomic mass is 10.0. The first-order chi connectivity index (χ1) is 8.58. The van der Waals surface area contributed by atoms with E-state index in [9.17, 15) is 9.18 Å². The number of rotatable bonds is 4. The molecule has 1 saturated heterocycles. The van der Waals surface area contributed by atoms with Crippen molar-refractivity contribution >= 4 is 5.78 Å². The van der Waals surface area contributed by atoms with Crippen molar-refractivity contribution < 1.29 is 9.18 Å². The van der Waals surface area contributed by atoms with Gasteiger partial charge in [0.2, 0.25) is 0 Å².